The third-order valence-corrected chi connectivity index (χ3v) is 5.44. The first-order valence-electron chi connectivity index (χ1n) is 8.65. The van der Waals surface area contributed by atoms with Crippen molar-refractivity contribution in [1.82, 2.24) is 19.7 Å². The molecule has 6 nitrogen and oxygen atoms in total. The minimum Gasteiger partial charge on any atom is -0.356 e. The second-order valence-corrected chi connectivity index (χ2v) is 6.75. The van der Waals surface area contributed by atoms with Crippen LogP contribution >= 0.6 is 0 Å². The van der Waals surface area contributed by atoms with Crippen LogP contribution in [0.2, 0.25) is 0 Å². The normalized spacial score (nSPS) is 24.4. The SMILES string of the molecule is N#CCCn1ncc2c(N3CC[C@@H]4CCCC[C@@H]4C3)ncnc21. The molecule has 2 aromatic heterocycles. The molecule has 2 aliphatic rings. The standard InChI is InChI=1S/C17H22N6/c18-7-3-8-23-17-15(10-21-23)16(19-12-20-17)22-9-6-13-4-1-2-5-14(13)11-22/h10,12-14H,1-6,8-9,11H2/t13-,14+/m0/s1. The van der Waals surface area contributed by atoms with E-state index in [1.807, 2.05) is 10.9 Å². The summed E-state index contributed by atoms with van der Waals surface area (Å²) in [5.41, 5.74) is 0.844. The van der Waals surface area contributed by atoms with E-state index in [0.29, 0.717) is 13.0 Å². The van der Waals surface area contributed by atoms with Crippen molar-refractivity contribution in [2.24, 2.45) is 11.8 Å². The number of aromatic nitrogens is 4. The maximum Gasteiger partial charge on any atom is 0.163 e. The molecule has 0 aromatic carbocycles. The Balaban J connectivity index is 1.61. The minimum atomic E-state index is 0.448. The van der Waals surface area contributed by atoms with Crippen molar-refractivity contribution in [3.8, 4) is 6.07 Å². The molecule has 6 heteroatoms. The number of nitriles is 1. The van der Waals surface area contributed by atoms with Crippen molar-refractivity contribution in [3.63, 3.8) is 0 Å². The largest absolute Gasteiger partial charge is 0.356 e. The van der Waals surface area contributed by atoms with Crippen LogP contribution in [0, 0.1) is 23.2 Å². The average Bonchev–Trinajstić information content (AvgIpc) is 3.02. The zero-order valence-corrected chi connectivity index (χ0v) is 13.4. The van der Waals surface area contributed by atoms with Gasteiger partial charge in [-0.2, -0.15) is 10.4 Å². The van der Waals surface area contributed by atoms with Crippen molar-refractivity contribution in [2.75, 3.05) is 18.0 Å². The third kappa shape index (κ3) is 2.65. The molecule has 1 aliphatic heterocycles. The van der Waals surface area contributed by atoms with Crippen molar-refractivity contribution >= 4 is 16.9 Å². The fraction of sp³-hybridized carbons (Fsp3) is 0.647. The highest BCUT2D eigenvalue weighted by Crippen LogP contribution is 2.38. The van der Waals surface area contributed by atoms with Crippen molar-refractivity contribution in [3.05, 3.63) is 12.5 Å². The number of nitrogens with zero attached hydrogens (tertiary/aromatic N) is 6. The van der Waals surface area contributed by atoms with Crippen LogP contribution in [0.25, 0.3) is 11.0 Å². The fourth-order valence-corrected chi connectivity index (χ4v) is 4.25. The Kier molecular flexibility index (Phi) is 3.86. The molecule has 4 rings (SSSR count). The molecule has 2 fully saturated rings. The summed E-state index contributed by atoms with van der Waals surface area (Å²) < 4.78 is 1.82. The second kappa shape index (κ2) is 6.15. The van der Waals surface area contributed by atoms with Crippen LogP contribution in [0.5, 0.6) is 0 Å². The van der Waals surface area contributed by atoms with Gasteiger partial charge >= 0.3 is 0 Å². The third-order valence-electron chi connectivity index (χ3n) is 5.44. The lowest BCUT2D eigenvalue weighted by Crippen LogP contribution is -2.42. The number of hydrogen-bond donors (Lipinski definition) is 0. The van der Waals surface area contributed by atoms with E-state index in [2.05, 4.69) is 26.0 Å². The first-order chi connectivity index (χ1) is 11.4. The summed E-state index contributed by atoms with van der Waals surface area (Å²) in [5, 5.41) is 14.2. The lowest BCUT2D eigenvalue weighted by molar-refractivity contribution is 0.202. The molecule has 0 radical (unpaired) electrons. The number of piperidine rings is 1. The Morgan fingerprint density at radius 1 is 1.17 bits per heavy atom. The van der Waals surface area contributed by atoms with Gasteiger partial charge in [-0.15, -0.1) is 0 Å². The molecule has 0 unspecified atom stereocenters. The highest BCUT2D eigenvalue weighted by atomic mass is 15.3. The molecule has 0 amide bonds. The van der Waals surface area contributed by atoms with Gasteiger partial charge in [-0.1, -0.05) is 19.3 Å². The van der Waals surface area contributed by atoms with Crippen LogP contribution in [0.4, 0.5) is 5.82 Å². The van der Waals surface area contributed by atoms with Gasteiger partial charge in [0.1, 0.15) is 12.1 Å². The molecular weight excluding hydrogens is 288 g/mol. The molecular formula is C17H22N6. The van der Waals surface area contributed by atoms with Gasteiger partial charge in [0.25, 0.3) is 0 Å². The molecule has 0 bridgehead atoms. The van der Waals surface area contributed by atoms with Gasteiger partial charge in [-0.05, 0) is 24.7 Å². The van der Waals surface area contributed by atoms with E-state index in [1.54, 1.807) is 6.33 Å². The first-order valence-corrected chi connectivity index (χ1v) is 8.65. The van der Waals surface area contributed by atoms with E-state index in [4.69, 9.17) is 5.26 Å². The van der Waals surface area contributed by atoms with E-state index in [0.717, 1.165) is 41.8 Å². The van der Waals surface area contributed by atoms with Crippen molar-refractivity contribution < 1.29 is 0 Å². The summed E-state index contributed by atoms with van der Waals surface area (Å²) in [6, 6.07) is 2.17. The molecule has 1 aliphatic carbocycles. The van der Waals surface area contributed by atoms with Gasteiger partial charge in [-0.25, -0.2) is 14.6 Å². The zero-order chi connectivity index (χ0) is 15.6. The highest BCUT2D eigenvalue weighted by Gasteiger charge is 2.32. The Bertz CT molecular complexity index is 730. The van der Waals surface area contributed by atoms with E-state index >= 15 is 0 Å². The average molecular weight is 310 g/mol. The van der Waals surface area contributed by atoms with Gasteiger partial charge in [0, 0.05) is 13.1 Å². The quantitative estimate of drug-likeness (QED) is 0.871. The van der Waals surface area contributed by atoms with E-state index < -0.39 is 0 Å². The number of hydrogen-bond acceptors (Lipinski definition) is 5. The summed E-state index contributed by atoms with van der Waals surface area (Å²) in [5.74, 6) is 2.74. The Hall–Kier alpha value is -2.16. The summed E-state index contributed by atoms with van der Waals surface area (Å²) >= 11 is 0. The minimum absolute atomic E-state index is 0.448. The molecule has 0 N–H and O–H groups in total. The Morgan fingerprint density at radius 2 is 2.04 bits per heavy atom. The van der Waals surface area contributed by atoms with Gasteiger partial charge in [0.15, 0.2) is 5.65 Å². The predicted molar refractivity (Wildman–Crippen MR) is 87.8 cm³/mol. The Morgan fingerprint density at radius 3 is 2.91 bits per heavy atom. The number of anilines is 1. The van der Waals surface area contributed by atoms with Crippen LogP contribution in [-0.2, 0) is 6.54 Å². The smallest absolute Gasteiger partial charge is 0.163 e. The summed E-state index contributed by atoms with van der Waals surface area (Å²) in [6.07, 6.45) is 10.8. The molecule has 2 aromatic rings. The van der Waals surface area contributed by atoms with Crippen LogP contribution in [0.3, 0.4) is 0 Å². The van der Waals surface area contributed by atoms with E-state index in [1.165, 1.54) is 32.1 Å². The molecule has 3 heterocycles. The van der Waals surface area contributed by atoms with Crippen LogP contribution in [-0.4, -0.2) is 32.8 Å². The van der Waals surface area contributed by atoms with Gasteiger partial charge in [0.05, 0.1) is 30.6 Å². The van der Waals surface area contributed by atoms with E-state index in [9.17, 15) is 0 Å². The molecule has 120 valence electrons. The molecule has 0 spiro atoms. The Labute approximate surface area is 136 Å². The van der Waals surface area contributed by atoms with Gasteiger partial charge in [0.2, 0.25) is 0 Å². The lowest BCUT2D eigenvalue weighted by atomic mass is 9.75. The maximum absolute atomic E-state index is 8.77. The first kappa shape index (κ1) is 14.4. The van der Waals surface area contributed by atoms with Crippen molar-refractivity contribution in [1.29, 1.82) is 5.26 Å². The zero-order valence-electron chi connectivity index (χ0n) is 13.4. The molecule has 2 atom stereocenters. The maximum atomic E-state index is 8.77. The van der Waals surface area contributed by atoms with E-state index in [-0.39, 0.29) is 0 Å². The second-order valence-electron chi connectivity index (χ2n) is 6.75. The molecule has 23 heavy (non-hydrogen) atoms. The lowest BCUT2D eigenvalue weighted by Gasteiger charge is -2.41. The monoisotopic (exact) mass is 310 g/mol. The fourth-order valence-electron chi connectivity index (χ4n) is 4.25. The topological polar surface area (TPSA) is 70.6 Å². The predicted octanol–water partition coefficient (Wildman–Crippen LogP) is 2.76. The summed E-state index contributed by atoms with van der Waals surface area (Å²) in [4.78, 5) is 11.4. The number of aryl methyl sites for hydroxylation is 1. The molecule has 1 saturated carbocycles. The van der Waals surface area contributed by atoms with Crippen LogP contribution in [0.15, 0.2) is 12.5 Å². The summed E-state index contributed by atoms with van der Waals surface area (Å²) in [6.45, 7) is 2.78. The van der Waals surface area contributed by atoms with Gasteiger partial charge in [-0.3, -0.25) is 0 Å². The summed E-state index contributed by atoms with van der Waals surface area (Å²) in [7, 11) is 0. The number of fused-ring (bicyclic) bond motifs is 2. The van der Waals surface area contributed by atoms with Crippen LogP contribution in [0.1, 0.15) is 38.5 Å². The van der Waals surface area contributed by atoms with Gasteiger partial charge < -0.3 is 4.90 Å². The number of rotatable bonds is 3. The molecule has 1 saturated heterocycles. The van der Waals surface area contributed by atoms with Crippen LogP contribution < -0.4 is 4.90 Å². The highest BCUT2D eigenvalue weighted by molar-refractivity contribution is 5.86. The van der Waals surface area contributed by atoms with Crippen molar-refractivity contribution in [2.45, 2.75) is 45.1 Å².